The van der Waals surface area contributed by atoms with Gasteiger partial charge in [-0.05, 0) is 11.6 Å². The number of primary amides is 1. The van der Waals surface area contributed by atoms with Gasteiger partial charge in [-0.3, -0.25) is 9.59 Å². The van der Waals surface area contributed by atoms with Crippen LogP contribution in [0.3, 0.4) is 0 Å². The van der Waals surface area contributed by atoms with Crippen LogP contribution in [0.25, 0.3) is 6.08 Å². The standard InChI is InChI=1S/C14H16N2O3/c15-12(17)8-14(9-19-10-14)16-13(18)7-6-11-4-2-1-3-5-11/h1-7H,8-10H2,(H2,15,17)(H,16,18)/b7-6+. The third-order valence-electron chi connectivity index (χ3n) is 2.88. The number of benzene rings is 1. The molecule has 1 aliphatic rings. The summed E-state index contributed by atoms with van der Waals surface area (Å²) in [5, 5.41) is 2.78. The van der Waals surface area contributed by atoms with Gasteiger partial charge >= 0.3 is 0 Å². The van der Waals surface area contributed by atoms with E-state index < -0.39 is 11.4 Å². The maximum Gasteiger partial charge on any atom is 0.244 e. The predicted octanol–water partition coefficient (Wildman–Crippen LogP) is 0.460. The molecule has 0 aromatic heterocycles. The average Bonchev–Trinajstić information content (AvgIpc) is 2.34. The van der Waals surface area contributed by atoms with E-state index in [1.165, 1.54) is 6.08 Å². The van der Waals surface area contributed by atoms with E-state index in [2.05, 4.69) is 5.32 Å². The van der Waals surface area contributed by atoms with E-state index in [-0.39, 0.29) is 12.3 Å². The zero-order valence-corrected chi connectivity index (χ0v) is 10.5. The summed E-state index contributed by atoms with van der Waals surface area (Å²) in [4.78, 5) is 22.8. The van der Waals surface area contributed by atoms with Gasteiger partial charge in [0.05, 0.1) is 25.2 Å². The first-order valence-electron chi connectivity index (χ1n) is 6.01. The minimum atomic E-state index is -0.635. The molecule has 0 radical (unpaired) electrons. The number of nitrogens with two attached hydrogens (primary N) is 1. The van der Waals surface area contributed by atoms with Gasteiger partial charge in [-0.25, -0.2) is 0 Å². The lowest BCUT2D eigenvalue weighted by Gasteiger charge is -2.40. The molecule has 1 fully saturated rings. The van der Waals surface area contributed by atoms with Gasteiger partial charge < -0.3 is 15.8 Å². The highest BCUT2D eigenvalue weighted by Gasteiger charge is 2.41. The van der Waals surface area contributed by atoms with Crippen LogP contribution < -0.4 is 11.1 Å². The Morgan fingerprint density at radius 2 is 2.00 bits per heavy atom. The summed E-state index contributed by atoms with van der Waals surface area (Å²) in [6.07, 6.45) is 3.25. The molecule has 3 N–H and O–H groups in total. The summed E-state index contributed by atoms with van der Waals surface area (Å²) in [6.45, 7) is 0.641. The summed E-state index contributed by atoms with van der Waals surface area (Å²) >= 11 is 0. The van der Waals surface area contributed by atoms with E-state index in [0.717, 1.165) is 5.56 Å². The van der Waals surface area contributed by atoms with Gasteiger partial charge in [-0.15, -0.1) is 0 Å². The van der Waals surface area contributed by atoms with Gasteiger partial charge in [0.25, 0.3) is 0 Å². The molecule has 100 valence electrons. The summed E-state index contributed by atoms with van der Waals surface area (Å²) in [6, 6.07) is 9.49. The Labute approximate surface area is 111 Å². The number of amides is 2. The monoisotopic (exact) mass is 260 g/mol. The minimum Gasteiger partial charge on any atom is -0.376 e. The van der Waals surface area contributed by atoms with Crippen LogP contribution in [0.2, 0.25) is 0 Å². The number of hydrogen-bond donors (Lipinski definition) is 2. The lowest BCUT2D eigenvalue weighted by atomic mass is 9.92. The molecule has 0 bridgehead atoms. The van der Waals surface area contributed by atoms with Gasteiger partial charge in [-0.2, -0.15) is 0 Å². The first kappa shape index (κ1) is 13.3. The van der Waals surface area contributed by atoms with Crippen molar-refractivity contribution in [1.29, 1.82) is 0 Å². The Bertz CT molecular complexity index is 493. The summed E-state index contributed by atoms with van der Waals surface area (Å²) in [5.74, 6) is -0.705. The van der Waals surface area contributed by atoms with Gasteiger partial charge in [0, 0.05) is 6.08 Å². The Morgan fingerprint density at radius 3 is 2.53 bits per heavy atom. The van der Waals surface area contributed by atoms with Gasteiger partial charge in [0.15, 0.2) is 0 Å². The van der Waals surface area contributed by atoms with Crippen LogP contribution >= 0.6 is 0 Å². The second-order valence-electron chi connectivity index (χ2n) is 4.65. The Hall–Kier alpha value is -2.14. The van der Waals surface area contributed by atoms with Crippen LogP contribution in [0.15, 0.2) is 36.4 Å². The Morgan fingerprint density at radius 1 is 1.32 bits per heavy atom. The molecule has 5 nitrogen and oxygen atoms in total. The normalized spacial score (nSPS) is 16.8. The van der Waals surface area contributed by atoms with Crippen molar-refractivity contribution in [3.63, 3.8) is 0 Å². The third-order valence-corrected chi connectivity index (χ3v) is 2.88. The fraction of sp³-hybridized carbons (Fsp3) is 0.286. The van der Waals surface area contributed by atoms with Crippen molar-refractivity contribution in [2.24, 2.45) is 5.73 Å². The van der Waals surface area contributed by atoms with Crippen LogP contribution in [0, 0.1) is 0 Å². The molecule has 5 heteroatoms. The average molecular weight is 260 g/mol. The Balaban J connectivity index is 1.93. The SMILES string of the molecule is NC(=O)CC1(NC(=O)/C=C/c2ccccc2)COC1. The molecular formula is C14H16N2O3. The highest BCUT2D eigenvalue weighted by atomic mass is 16.5. The highest BCUT2D eigenvalue weighted by molar-refractivity contribution is 5.92. The van der Waals surface area contributed by atoms with Crippen molar-refractivity contribution >= 4 is 17.9 Å². The van der Waals surface area contributed by atoms with Crippen molar-refractivity contribution in [3.8, 4) is 0 Å². The maximum atomic E-state index is 11.8. The largest absolute Gasteiger partial charge is 0.376 e. The van der Waals surface area contributed by atoms with Crippen molar-refractivity contribution in [3.05, 3.63) is 42.0 Å². The van der Waals surface area contributed by atoms with Crippen LogP contribution in [-0.4, -0.2) is 30.6 Å². The second kappa shape index (κ2) is 5.67. The molecule has 19 heavy (non-hydrogen) atoms. The van der Waals surface area contributed by atoms with Crippen molar-refractivity contribution in [2.45, 2.75) is 12.0 Å². The van der Waals surface area contributed by atoms with E-state index in [1.807, 2.05) is 30.3 Å². The van der Waals surface area contributed by atoms with Crippen molar-refractivity contribution in [2.75, 3.05) is 13.2 Å². The molecule has 1 heterocycles. The van der Waals surface area contributed by atoms with Crippen LogP contribution in [0.1, 0.15) is 12.0 Å². The van der Waals surface area contributed by atoms with E-state index in [4.69, 9.17) is 10.5 Å². The minimum absolute atomic E-state index is 0.0952. The quantitative estimate of drug-likeness (QED) is 0.755. The zero-order valence-electron chi connectivity index (χ0n) is 10.5. The molecular weight excluding hydrogens is 244 g/mol. The smallest absolute Gasteiger partial charge is 0.244 e. The lowest BCUT2D eigenvalue weighted by molar-refractivity contribution is -0.135. The summed E-state index contributed by atoms with van der Waals surface area (Å²) < 4.78 is 5.06. The molecule has 0 unspecified atom stereocenters. The van der Waals surface area contributed by atoms with Crippen LogP contribution in [0.5, 0.6) is 0 Å². The molecule has 0 saturated carbocycles. The van der Waals surface area contributed by atoms with Crippen molar-refractivity contribution < 1.29 is 14.3 Å². The fourth-order valence-corrected chi connectivity index (χ4v) is 1.94. The first-order valence-corrected chi connectivity index (χ1v) is 6.01. The summed E-state index contributed by atoms with van der Waals surface area (Å²) in [5.41, 5.74) is 5.47. The number of ether oxygens (including phenoxy) is 1. The third kappa shape index (κ3) is 3.66. The number of carbonyl (C=O) groups is 2. The zero-order chi connectivity index (χ0) is 13.7. The number of carbonyl (C=O) groups excluding carboxylic acids is 2. The number of rotatable bonds is 5. The van der Waals surface area contributed by atoms with E-state index in [0.29, 0.717) is 13.2 Å². The molecule has 1 aliphatic heterocycles. The predicted molar refractivity (Wildman–Crippen MR) is 71.0 cm³/mol. The highest BCUT2D eigenvalue weighted by Crippen LogP contribution is 2.20. The second-order valence-corrected chi connectivity index (χ2v) is 4.65. The summed E-state index contributed by atoms with van der Waals surface area (Å²) in [7, 11) is 0. The maximum absolute atomic E-state index is 11.8. The van der Waals surface area contributed by atoms with E-state index in [1.54, 1.807) is 6.08 Å². The molecule has 1 saturated heterocycles. The molecule has 2 rings (SSSR count). The number of nitrogens with one attached hydrogen (secondary N) is 1. The first-order chi connectivity index (χ1) is 9.10. The van der Waals surface area contributed by atoms with Crippen LogP contribution in [-0.2, 0) is 14.3 Å². The van der Waals surface area contributed by atoms with Crippen molar-refractivity contribution in [1.82, 2.24) is 5.32 Å². The molecule has 0 spiro atoms. The van der Waals surface area contributed by atoms with E-state index >= 15 is 0 Å². The molecule has 2 amide bonds. The molecule has 0 aliphatic carbocycles. The van der Waals surface area contributed by atoms with Gasteiger partial charge in [0.2, 0.25) is 11.8 Å². The molecule has 1 aromatic rings. The van der Waals surface area contributed by atoms with Gasteiger partial charge in [-0.1, -0.05) is 30.3 Å². The lowest BCUT2D eigenvalue weighted by Crippen LogP contribution is -2.63. The molecule has 1 aromatic carbocycles. The fourth-order valence-electron chi connectivity index (χ4n) is 1.94. The van der Waals surface area contributed by atoms with E-state index in [9.17, 15) is 9.59 Å². The van der Waals surface area contributed by atoms with Crippen LogP contribution in [0.4, 0.5) is 0 Å². The van der Waals surface area contributed by atoms with Gasteiger partial charge in [0.1, 0.15) is 0 Å². The molecule has 0 atom stereocenters. The topological polar surface area (TPSA) is 81.4 Å². The number of hydrogen-bond acceptors (Lipinski definition) is 3. The Kier molecular flexibility index (Phi) is 3.97.